The Morgan fingerprint density at radius 2 is 0.980 bits per heavy atom. The quantitative estimate of drug-likeness (QED) is 0.112. The Kier molecular flexibility index (Phi) is 10.7. The third-order valence-electron chi connectivity index (χ3n) is 8.87. The van der Waals surface area contributed by atoms with Crippen molar-refractivity contribution in [3.63, 3.8) is 0 Å². The molecule has 0 N–H and O–H groups in total. The Balaban J connectivity index is 0.000000200. The van der Waals surface area contributed by atoms with Crippen molar-refractivity contribution in [2.45, 2.75) is 12.8 Å². The molecule has 0 saturated carbocycles. The van der Waals surface area contributed by atoms with Crippen LogP contribution in [0, 0.1) is 31.5 Å². The molecule has 9 rings (SSSR count). The van der Waals surface area contributed by atoms with Crippen LogP contribution in [0.1, 0.15) is 12.8 Å². The first-order valence-electron chi connectivity index (χ1n) is 16.9. The molecule has 6 aromatic carbocycles. The fraction of sp³-hybridized carbons (Fsp3) is 0.0909. The van der Waals surface area contributed by atoms with Gasteiger partial charge >= 0.3 is 0 Å². The number of aromatic nitrogens is 2. The van der Waals surface area contributed by atoms with E-state index in [-0.39, 0.29) is 20.1 Å². The van der Waals surface area contributed by atoms with Gasteiger partial charge in [-0.3, -0.25) is 4.98 Å². The zero-order chi connectivity index (χ0) is 33.5. The summed E-state index contributed by atoms with van der Waals surface area (Å²) in [5.41, 5.74) is 9.96. The minimum Gasteiger partial charge on any atom is -0.501 e. The van der Waals surface area contributed by atoms with E-state index < -0.39 is 0 Å². The Bertz CT molecular complexity index is 2060. The van der Waals surface area contributed by atoms with E-state index in [1.54, 1.807) is 6.33 Å². The van der Waals surface area contributed by atoms with E-state index in [1.807, 2.05) is 72.8 Å². The van der Waals surface area contributed by atoms with E-state index in [4.69, 9.17) is 0 Å². The van der Waals surface area contributed by atoms with Crippen LogP contribution in [-0.2, 0) is 20.1 Å². The molecule has 2 aliphatic heterocycles. The van der Waals surface area contributed by atoms with Gasteiger partial charge in [0.05, 0.1) is 5.52 Å². The Hall–Kier alpha value is -5.49. The predicted molar refractivity (Wildman–Crippen MR) is 204 cm³/mol. The molecule has 0 aliphatic carbocycles. The molecule has 51 heavy (non-hydrogen) atoms. The molecular formula is C44H35IrN6-5. The zero-order valence-electron chi connectivity index (χ0n) is 27.9. The molecule has 7 heteroatoms. The van der Waals surface area contributed by atoms with E-state index in [9.17, 15) is 0 Å². The summed E-state index contributed by atoms with van der Waals surface area (Å²) in [5.74, 6) is 0. The van der Waals surface area contributed by atoms with Crippen LogP contribution in [0.2, 0.25) is 0 Å². The molecule has 3 heterocycles. The van der Waals surface area contributed by atoms with E-state index in [0.29, 0.717) is 0 Å². The van der Waals surface area contributed by atoms with Gasteiger partial charge in [0.1, 0.15) is 6.33 Å². The first-order valence-corrected chi connectivity index (χ1v) is 16.9. The maximum atomic E-state index is 4.33. The molecule has 0 spiro atoms. The summed E-state index contributed by atoms with van der Waals surface area (Å²) >= 11 is 0. The van der Waals surface area contributed by atoms with Crippen molar-refractivity contribution in [2.75, 3.05) is 32.7 Å². The number of nitrogens with zero attached hydrogens (tertiary/aromatic N) is 6. The van der Waals surface area contributed by atoms with Gasteiger partial charge < -0.3 is 19.6 Å². The topological polar surface area (TPSA) is 38.7 Å². The largest absolute Gasteiger partial charge is 0.501 e. The Labute approximate surface area is 314 Å². The second kappa shape index (κ2) is 16.0. The van der Waals surface area contributed by atoms with Crippen molar-refractivity contribution in [3.8, 4) is 11.3 Å². The number of unbranched alkanes of at least 4 members (excludes halogenated alkanes) is 1. The Morgan fingerprint density at radius 3 is 1.51 bits per heavy atom. The van der Waals surface area contributed by atoms with Crippen LogP contribution in [0.3, 0.4) is 0 Å². The van der Waals surface area contributed by atoms with Gasteiger partial charge in [-0.25, -0.2) is 4.98 Å². The predicted octanol–water partition coefficient (Wildman–Crippen LogP) is 10.0. The number of rotatable bonds is 8. The molecule has 255 valence electrons. The summed E-state index contributed by atoms with van der Waals surface area (Å²) in [6.07, 6.45) is 3.79. The molecule has 7 aromatic rings. The first-order chi connectivity index (χ1) is 24.8. The molecule has 6 nitrogen and oxygen atoms in total. The number of hydrogen-bond acceptors (Lipinski definition) is 6. The summed E-state index contributed by atoms with van der Waals surface area (Å²) in [5, 5.41) is 1.06. The molecular weight excluding hydrogens is 805 g/mol. The van der Waals surface area contributed by atoms with E-state index in [2.05, 4.69) is 134 Å². The summed E-state index contributed by atoms with van der Waals surface area (Å²) < 4.78 is 0. The van der Waals surface area contributed by atoms with Crippen molar-refractivity contribution < 1.29 is 20.1 Å². The number of anilines is 6. The molecule has 0 unspecified atom stereocenters. The minimum atomic E-state index is 0. The average Bonchev–Trinajstić information content (AvgIpc) is 3.76. The summed E-state index contributed by atoms with van der Waals surface area (Å²) in [4.78, 5) is 17.8. The standard InChI is InChI=1S/C30H26N4.C14H9N2.Ir/c1-3-13-25(14-4-1)33-23-31(27-17-7-9-19-29(27)33)21-11-12-22-32-24-34(26-15-5-2-6-16-26)30-20-10-8-18-28(30)32;1-2-6-11(7-3-1)14-12-8-4-5-9-13(12)15-10-16-14;/h1-10,13,15,17-20,23-24H,11-12,21-22H2;1-6,8-10H;/q-4;-1;. The van der Waals surface area contributed by atoms with Crippen LogP contribution < -0.4 is 19.6 Å². The maximum Gasteiger partial charge on any atom is 0.106 e. The van der Waals surface area contributed by atoms with Gasteiger partial charge in [-0.15, -0.1) is 47.3 Å². The summed E-state index contributed by atoms with van der Waals surface area (Å²) in [7, 11) is 0. The maximum absolute atomic E-state index is 4.33. The van der Waals surface area contributed by atoms with Gasteiger partial charge in [0, 0.05) is 42.9 Å². The number of fused-ring (bicyclic) bond motifs is 3. The first kappa shape index (κ1) is 34.0. The molecule has 1 radical (unpaired) electrons. The number of hydrogen-bond donors (Lipinski definition) is 0. The van der Waals surface area contributed by atoms with Crippen LogP contribution in [0.15, 0.2) is 152 Å². The third kappa shape index (κ3) is 7.36. The van der Waals surface area contributed by atoms with E-state index in [0.717, 1.165) is 59.5 Å². The van der Waals surface area contributed by atoms with Crippen LogP contribution in [0.4, 0.5) is 34.1 Å². The van der Waals surface area contributed by atoms with Crippen molar-refractivity contribution in [1.82, 2.24) is 9.97 Å². The van der Waals surface area contributed by atoms with Gasteiger partial charge in [0.2, 0.25) is 0 Å². The summed E-state index contributed by atoms with van der Waals surface area (Å²) in [6, 6.07) is 59.2. The van der Waals surface area contributed by atoms with Crippen molar-refractivity contribution in [1.29, 1.82) is 0 Å². The van der Waals surface area contributed by atoms with Crippen LogP contribution >= 0.6 is 0 Å². The minimum absolute atomic E-state index is 0. The van der Waals surface area contributed by atoms with Crippen molar-refractivity contribution >= 4 is 45.0 Å². The van der Waals surface area contributed by atoms with E-state index in [1.165, 1.54) is 22.7 Å². The fourth-order valence-electron chi connectivity index (χ4n) is 6.48. The second-order valence-corrected chi connectivity index (χ2v) is 12.1. The number of para-hydroxylation sites is 7. The van der Waals surface area contributed by atoms with Gasteiger partial charge in [0.15, 0.2) is 0 Å². The SMILES string of the molecule is [Ir].[c-]1ccccc1-c1ncnc2ccccc12.[c-]1ccccc1N1[CH-]N(CCCCN2[CH-]N(c3[c-]cccc3)c3ccccc32)c2ccccc21. The molecule has 2 aliphatic rings. The molecule has 0 bridgehead atoms. The van der Waals surface area contributed by atoms with Gasteiger partial charge in [-0.1, -0.05) is 42.5 Å². The Morgan fingerprint density at radius 1 is 0.490 bits per heavy atom. The van der Waals surface area contributed by atoms with Gasteiger partial charge in [-0.2, -0.15) is 74.0 Å². The normalized spacial score (nSPS) is 12.9. The van der Waals surface area contributed by atoms with Crippen molar-refractivity contribution in [2.24, 2.45) is 0 Å². The molecule has 0 saturated heterocycles. The molecule has 0 fully saturated rings. The zero-order valence-corrected chi connectivity index (χ0v) is 30.3. The monoisotopic (exact) mass is 840 g/mol. The van der Waals surface area contributed by atoms with Gasteiger partial charge in [-0.05, 0) is 67.3 Å². The fourth-order valence-corrected chi connectivity index (χ4v) is 6.48. The number of benzene rings is 6. The molecule has 0 amide bonds. The molecule has 0 atom stereocenters. The van der Waals surface area contributed by atoms with Crippen LogP contribution in [0.5, 0.6) is 0 Å². The summed E-state index contributed by atoms with van der Waals surface area (Å²) in [6.45, 7) is 6.37. The van der Waals surface area contributed by atoms with Gasteiger partial charge in [0.25, 0.3) is 0 Å². The third-order valence-corrected chi connectivity index (χ3v) is 8.87. The smallest absolute Gasteiger partial charge is 0.106 e. The van der Waals surface area contributed by atoms with E-state index >= 15 is 0 Å². The van der Waals surface area contributed by atoms with Crippen molar-refractivity contribution in [3.05, 3.63) is 183 Å². The van der Waals surface area contributed by atoms with Crippen LogP contribution in [0.25, 0.3) is 22.2 Å². The average molecular weight is 840 g/mol. The van der Waals surface area contributed by atoms with Crippen LogP contribution in [-0.4, -0.2) is 23.1 Å². The molecule has 1 aromatic heterocycles. The second-order valence-electron chi connectivity index (χ2n) is 12.1.